The van der Waals surface area contributed by atoms with Crippen LogP contribution in [0, 0.1) is 13.8 Å². The smallest absolute Gasteiger partial charge is 0.251 e. The van der Waals surface area contributed by atoms with E-state index < -0.39 is 0 Å². The minimum atomic E-state index is -0.0636. The highest BCUT2D eigenvalue weighted by molar-refractivity contribution is 6.17. The normalized spacial score (nSPS) is 10.3. The van der Waals surface area contributed by atoms with Gasteiger partial charge >= 0.3 is 0 Å². The summed E-state index contributed by atoms with van der Waals surface area (Å²) in [6, 6.07) is 5.80. The van der Waals surface area contributed by atoms with Gasteiger partial charge in [-0.25, -0.2) is 0 Å². The van der Waals surface area contributed by atoms with Crippen LogP contribution >= 0.6 is 11.6 Å². The highest BCUT2D eigenvalue weighted by Gasteiger charge is 2.05. The number of carbonyl (C=O) groups excluding carboxylic acids is 1. The van der Waals surface area contributed by atoms with Crippen molar-refractivity contribution in [3.05, 3.63) is 34.9 Å². The molecule has 1 aromatic carbocycles. The number of hydrogen-bond acceptors (Lipinski definition) is 2. The zero-order valence-corrected chi connectivity index (χ0v) is 11.0. The molecule has 1 N–H and O–H groups in total. The Balaban J connectivity index is 2.41. The number of nitrogens with one attached hydrogen (secondary N) is 1. The molecular weight excluding hydrogens is 238 g/mol. The standard InChI is InChI=1S/C13H18ClNO2/c1-10-7-11(2)9-12(8-10)13(16)15-4-6-17-5-3-14/h7-9H,3-6H2,1-2H3,(H,15,16). The Morgan fingerprint density at radius 3 is 2.47 bits per heavy atom. The number of rotatable bonds is 6. The molecule has 1 aromatic rings. The molecule has 0 spiro atoms. The van der Waals surface area contributed by atoms with Gasteiger partial charge in [0.2, 0.25) is 0 Å². The Bertz CT molecular complexity index is 359. The largest absolute Gasteiger partial charge is 0.378 e. The van der Waals surface area contributed by atoms with Crippen molar-refractivity contribution in [2.45, 2.75) is 13.8 Å². The Kier molecular flexibility index (Phi) is 6.01. The fourth-order valence-corrected chi connectivity index (χ4v) is 1.71. The van der Waals surface area contributed by atoms with E-state index in [1.165, 1.54) is 0 Å². The molecule has 1 amide bonds. The van der Waals surface area contributed by atoms with Crippen LogP contribution in [-0.4, -0.2) is 31.5 Å². The predicted molar refractivity (Wildman–Crippen MR) is 69.8 cm³/mol. The number of hydrogen-bond donors (Lipinski definition) is 1. The van der Waals surface area contributed by atoms with E-state index in [9.17, 15) is 4.79 Å². The molecule has 0 unspecified atom stereocenters. The van der Waals surface area contributed by atoms with Gasteiger partial charge in [-0.15, -0.1) is 11.6 Å². The van der Waals surface area contributed by atoms with Crippen molar-refractivity contribution in [3.63, 3.8) is 0 Å². The Labute approximate surface area is 107 Å². The van der Waals surface area contributed by atoms with E-state index in [0.29, 0.717) is 31.2 Å². The van der Waals surface area contributed by atoms with Crippen LogP contribution in [0.2, 0.25) is 0 Å². The van der Waals surface area contributed by atoms with Gasteiger partial charge in [0, 0.05) is 18.0 Å². The van der Waals surface area contributed by atoms with Gasteiger partial charge in [-0.1, -0.05) is 17.2 Å². The second-order valence-corrected chi connectivity index (χ2v) is 4.31. The first kappa shape index (κ1) is 14.0. The summed E-state index contributed by atoms with van der Waals surface area (Å²) in [5, 5.41) is 2.81. The van der Waals surface area contributed by atoms with Crippen LogP contribution in [0.1, 0.15) is 21.5 Å². The molecule has 0 bridgehead atoms. The Morgan fingerprint density at radius 2 is 1.88 bits per heavy atom. The van der Waals surface area contributed by atoms with Crippen LogP contribution in [0.25, 0.3) is 0 Å². The molecule has 4 heteroatoms. The highest BCUT2D eigenvalue weighted by atomic mass is 35.5. The number of alkyl halides is 1. The summed E-state index contributed by atoms with van der Waals surface area (Å²) in [7, 11) is 0. The van der Waals surface area contributed by atoms with Crippen LogP contribution in [0.15, 0.2) is 18.2 Å². The van der Waals surface area contributed by atoms with Crippen molar-refractivity contribution in [2.75, 3.05) is 25.6 Å². The van der Waals surface area contributed by atoms with E-state index in [-0.39, 0.29) is 5.91 Å². The zero-order chi connectivity index (χ0) is 12.7. The maximum Gasteiger partial charge on any atom is 0.251 e. The molecule has 0 heterocycles. The Hall–Kier alpha value is -1.06. The second kappa shape index (κ2) is 7.30. The van der Waals surface area contributed by atoms with Gasteiger partial charge in [0.15, 0.2) is 0 Å². The molecule has 0 saturated heterocycles. The van der Waals surface area contributed by atoms with E-state index in [1.807, 2.05) is 32.0 Å². The lowest BCUT2D eigenvalue weighted by molar-refractivity contribution is 0.0923. The van der Waals surface area contributed by atoms with Crippen LogP contribution in [0.4, 0.5) is 0 Å². The minimum absolute atomic E-state index is 0.0636. The van der Waals surface area contributed by atoms with E-state index >= 15 is 0 Å². The maximum atomic E-state index is 11.8. The molecule has 0 aromatic heterocycles. The van der Waals surface area contributed by atoms with Crippen LogP contribution < -0.4 is 5.32 Å². The first-order chi connectivity index (χ1) is 8.13. The van der Waals surface area contributed by atoms with Crippen molar-refractivity contribution >= 4 is 17.5 Å². The molecule has 0 aliphatic carbocycles. The zero-order valence-electron chi connectivity index (χ0n) is 10.3. The van der Waals surface area contributed by atoms with E-state index in [0.717, 1.165) is 11.1 Å². The first-order valence-corrected chi connectivity index (χ1v) is 6.17. The van der Waals surface area contributed by atoms with Gasteiger partial charge in [-0.05, 0) is 26.0 Å². The van der Waals surface area contributed by atoms with Gasteiger partial charge < -0.3 is 10.1 Å². The number of amides is 1. The summed E-state index contributed by atoms with van der Waals surface area (Å²) < 4.78 is 5.17. The lowest BCUT2D eigenvalue weighted by atomic mass is 10.1. The van der Waals surface area contributed by atoms with Crippen molar-refractivity contribution in [1.29, 1.82) is 0 Å². The number of ether oxygens (including phenoxy) is 1. The molecule has 94 valence electrons. The third kappa shape index (κ3) is 5.20. The third-order valence-electron chi connectivity index (χ3n) is 2.24. The van der Waals surface area contributed by atoms with Crippen LogP contribution in [0.5, 0.6) is 0 Å². The van der Waals surface area contributed by atoms with Gasteiger partial charge in [-0.3, -0.25) is 4.79 Å². The molecule has 0 saturated carbocycles. The predicted octanol–water partition coefficient (Wildman–Crippen LogP) is 2.29. The maximum absolute atomic E-state index is 11.8. The topological polar surface area (TPSA) is 38.3 Å². The molecular formula is C13H18ClNO2. The molecule has 0 atom stereocenters. The summed E-state index contributed by atoms with van der Waals surface area (Å²) in [5.41, 5.74) is 2.88. The van der Waals surface area contributed by atoms with Crippen molar-refractivity contribution in [2.24, 2.45) is 0 Å². The van der Waals surface area contributed by atoms with E-state index in [4.69, 9.17) is 16.3 Å². The monoisotopic (exact) mass is 255 g/mol. The third-order valence-corrected chi connectivity index (χ3v) is 2.39. The van der Waals surface area contributed by atoms with Crippen molar-refractivity contribution in [1.82, 2.24) is 5.32 Å². The van der Waals surface area contributed by atoms with Crippen molar-refractivity contribution < 1.29 is 9.53 Å². The summed E-state index contributed by atoms with van der Waals surface area (Å²) >= 11 is 5.46. The van der Waals surface area contributed by atoms with Gasteiger partial charge in [0.1, 0.15) is 0 Å². The molecule has 17 heavy (non-hydrogen) atoms. The fraction of sp³-hybridized carbons (Fsp3) is 0.462. The quantitative estimate of drug-likeness (QED) is 0.626. The number of carbonyl (C=O) groups is 1. The highest BCUT2D eigenvalue weighted by Crippen LogP contribution is 2.08. The summed E-state index contributed by atoms with van der Waals surface area (Å²) in [4.78, 5) is 11.8. The molecule has 1 rings (SSSR count). The second-order valence-electron chi connectivity index (χ2n) is 3.93. The summed E-state index contributed by atoms with van der Waals surface area (Å²) in [6.07, 6.45) is 0. The average molecular weight is 256 g/mol. The van der Waals surface area contributed by atoms with Gasteiger partial charge in [0.05, 0.1) is 13.2 Å². The van der Waals surface area contributed by atoms with Gasteiger partial charge in [-0.2, -0.15) is 0 Å². The van der Waals surface area contributed by atoms with Crippen LogP contribution in [-0.2, 0) is 4.74 Å². The van der Waals surface area contributed by atoms with Crippen molar-refractivity contribution in [3.8, 4) is 0 Å². The molecule has 3 nitrogen and oxygen atoms in total. The molecule has 0 fully saturated rings. The molecule has 0 aliphatic rings. The lowest BCUT2D eigenvalue weighted by Crippen LogP contribution is -2.27. The fourth-order valence-electron chi connectivity index (χ4n) is 1.60. The SMILES string of the molecule is Cc1cc(C)cc(C(=O)NCCOCCCl)c1. The number of benzene rings is 1. The summed E-state index contributed by atoms with van der Waals surface area (Å²) in [6.45, 7) is 5.47. The average Bonchev–Trinajstić information content (AvgIpc) is 2.27. The van der Waals surface area contributed by atoms with E-state index in [1.54, 1.807) is 0 Å². The van der Waals surface area contributed by atoms with E-state index in [2.05, 4.69) is 5.32 Å². The van der Waals surface area contributed by atoms with Gasteiger partial charge in [0.25, 0.3) is 5.91 Å². The Morgan fingerprint density at radius 1 is 1.24 bits per heavy atom. The van der Waals surface area contributed by atoms with Crippen LogP contribution in [0.3, 0.4) is 0 Å². The number of halogens is 1. The minimum Gasteiger partial charge on any atom is -0.378 e. The summed E-state index contributed by atoms with van der Waals surface area (Å²) in [5.74, 6) is 0.414. The molecule has 0 radical (unpaired) electrons. The number of aryl methyl sites for hydroxylation is 2. The lowest BCUT2D eigenvalue weighted by Gasteiger charge is -2.07. The molecule has 0 aliphatic heterocycles. The first-order valence-electron chi connectivity index (χ1n) is 5.63.